The molecular formula is C27H32N2O4S. The second-order valence-electron chi connectivity index (χ2n) is 8.62. The minimum absolute atomic E-state index is 0.248. The molecule has 0 saturated heterocycles. The van der Waals surface area contributed by atoms with E-state index in [4.69, 9.17) is 4.74 Å². The van der Waals surface area contributed by atoms with Crippen molar-refractivity contribution in [2.75, 3.05) is 17.1 Å². The molecule has 3 aromatic carbocycles. The van der Waals surface area contributed by atoms with Crippen LogP contribution >= 0.6 is 0 Å². The van der Waals surface area contributed by atoms with Gasteiger partial charge < -0.3 is 10.1 Å². The van der Waals surface area contributed by atoms with Crippen molar-refractivity contribution in [1.29, 1.82) is 0 Å². The molecule has 0 aliphatic carbocycles. The molecule has 0 aliphatic heterocycles. The van der Waals surface area contributed by atoms with E-state index in [-0.39, 0.29) is 18.5 Å². The number of nitrogens with one attached hydrogen (secondary N) is 1. The maximum Gasteiger partial charge on any atom is 0.241 e. The second-order valence-corrected chi connectivity index (χ2v) is 10.5. The van der Waals surface area contributed by atoms with E-state index in [1.165, 1.54) is 5.56 Å². The molecule has 1 N–H and O–H groups in total. The fourth-order valence-electron chi connectivity index (χ4n) is 3.79. The molecule has 0 saturated carbocycles. The molecule has 0 radical (unpaired) electrons. The summed E-state index contributed by atoms with van der Waals surface area (Å²) >= 11 is 0. The molecule has 3 rings (SSSR count). The number of anilines is 1. The predicted octanol–water partition coefficient (Wildman–Crippen LogP) is 4.83. The highest BCUT2D eigenvalue weighted by Gasteiger charge is 2.22. The van der Waals surface area contributed by atoms with Crippen LogP contribution in [-0.4, -0.2) is 27.1 Å². The number of hydrogen-bond acceptors (Lipinski definition) is 4. The van der Waals surface area contributed by atoms with Crippen LogP contribution in [-0.2, 0) is 21.4 Å². The smallest absolute Gasteiger partial charge is 0.241 e. The third kappa shape index (κ3) is 6.60. The van der Waals surface area contributed by atoms with E-state index in [2.05, 4.69) is 24.4 Å². The molecular weight excluding hydrogens is 448 g/mol. The van der Waals surface area contributed by atoms with Gasteiger partial charge in [-0.25, -0.2) is 8.42 Å². The number of sulfonamides is 1. The molecule has 0 unspecified atom stereocenters. The van der Waals surface area contributed by atoms with Crippen LogP contribution in [0.1, 0.15) is 40.8 Å². The SMILES string of the molecule is Cc1cc(C)c([C@H](C)NC(=O)CN(c2ccc(OCc3ccccc3)cc2)S(C)(=O)=O)cc1C. The minimum Gasteiger partial charge on any atom is -0.489 e. The highest BCUT2D eigenvalue weighted by atomic mass is 32.2. The second kappa shape index (κ2) is 10.7. The Balaban J connectivity index is 1.69. The lowest BCUT2D eigenvalue weighted by atomic mass is 9.96. The molecule has 180 valence electrons. The average Bonchev–Trinajstić information content (AvgIpc) is 2.79. The summed E-state index contributed by atoms with van der Waals surface area (Å²) in [4.78, 5) is 12.8. The Bertz CT molecular complexity index is 1240. The Hall–Kier alpha value is -3.32. The largest absolute Gasteiger partial charge is 0.489 e. The lowest BCUT2D eigenvalue weighted by molar-refractivity contribution is -0.120. The number of ether oxygens (including phenoxy) is 1. The van der Waals surface area contributed by atoms with Gasteiger partial charge in [-0.1, -0.05) is 42.5 Å². The van der Waals surface area contributed by atoms with Crippen LogP contribution in [0.2, 0.25) is 0 Å². The number of rotatable bonds is 9. The van der Waals surface area contributed by atoms with E-state index in [0.717, 1.165) is 32.8 Å². The fraction of sp³-hybridized carbons (Fsp3) is 0.296. The normalized spacial score (nSPS) is 12.1. The monoisotopic (exact) mass is 480 g/mol. The summed E-state index contributed by atoms with van der Waals surface area (Å²) in [6, 6.07) is 20.4. The molecule has 6 nitrogen and oxygen atoms in total. The van der Waals surface area contributed by atoms with E-state index >= 15 is 0 Å². The molecule has 0 aromatic heterocycles. The van der Waals surface area contributed by atoms with Crippen molar-refractivity contribution in [2.45, 2.75) is 40.3 Å². The summed E-state index contributed by atoms with van der Waals surface area (Å²) in [5, 5.41) is 2.94. The highest BCUT2D eigenvalue weighted by molar-refractivity contribution is 7.92. The van der Waals surface area contributed by atoms with Crippen molar-refractivity contribution in [1.82, 2.24) is 5.32 Å². The van der Waals surface area contributed by atoms with Crippen LogP contribution in [0.3, 0.4) is 0 Å². The number of carbonyl (C=O) groups is 1. The summed E-state index contributed by atoms with van der Waals surface area (Å²) in [6.07, 6.45) is 1.09. The topological polar surface area (TPSA) is 75.7 Å². The standard InChI is InChI=1S/C27H32N2O4S/c1-19-15-21(3)26(16-20(19)2)22(4)28-27(30)17-29(34(5,31)32)24-11-13-25(14-12-24)33-18-23-9-7-6-8-10-23/h6-16,22H,17-18H2,1-5H3,(H,28,30)/t22-/m0/s1. The molecule has 0 fully saturated rings. The molecule has 0 aliphatic rings. The van der Waals surface area contributed by atoms with Gasteiger partial charge in [0.1, 0.15) is 18.9 Å². The highest BCUT2D eigenvalue weighted by Crippen LogP contribution is 2.24. The summed E-state index contributed by atoms with van der Waals surface area (Å²) in [5.74, 6) is 0.240. The van der Waals surface area contributed by atoms with Gasteiger partial charge in [0.25, 0.3) is 0 Å². The van der Waals surface area contributed by atoms with E-state index < -0.39 is 10.0 Å². The zero-order valence-corrected chi connectivity index (χ0v) is 21.1. The van der Waals surface area contributed by atoms with Gasteiger partial charge in [-0.3, -0.25) is 9.10 Å². The Morgan fingerprint density at radius 1 is 0.941 bits per heavy atom. The van der Waals surface area contributed by atoms with Crippen molar-refractivity contribution in [3.8, 4) is 5.75 Å². The molecule has 34 heavy (non-hydrogen) atoms. The Labute approximate surface area is 202 Å². The van der Waals surface area contributed by atoms with E-state index in [9.17, 15) is 13.2 Å². The van der Waals surface area contributed by atoms with Crippen molar-refractivity contribution in [3.63, 3.8) is 0 Å². The first-order valence-electron chi connectivity index (χ1n) is 11.2. The molecule has 0 heterocycles. The number of benzene rings is 3. The predicted molar refractivity (Wildman–Crippen MR) is 137 cm³/mol. The maximum atomic E-state index is 12.8. The van der Waals surface area contributed by atoms with Gasteiger partial charge in [0, 0.05) is 0 Å². The number of nitrogens with zero attached hydrogens (tertiary/aromatic N) is 1. The van der Waals surface area contributed by atoms with Crippen LogP contribution in [0.5, 0.6) is 5.75 Å². The van der Waals surface area contributed by atoms with Gasteiger partial charge in [-0.15, -0.1) is 0 Å². The van der Waals surface area contributed by atoms with Crippen LogP contribution in [0.15, 0.2) is 66.7 Å². The van der Waals surface area contributed by atoms with E-state index in [1.54, 1.807) is 24.3 Å². The molecule has 1 atom stereocenters. The van der Waals surface area contributed by atoms with Crippen molar-refractivity contribution < 1.29 is 17.9 Å². The van der Waals surface area contributed by atoms with Gasteiger partial charge in [-0.2, -0.15) is 0 Å². The molecule has 0 spiro atoms. The Morgan fingerprint density at radius 2 is 1.56 bits per heavy atom. The Morgan fingerprint density at radius 3 is 2.18 bits per heavy atom. The first-order chi connectivity index (χ1) is 16.0. The van der Waals surface area contributed by atoms with Crippen LogP contribution < -0.4 is 14.4 Å². The zero-order chi connectivity index (χ0) is 24.9. The van der Waals surface area contributed by atoms with Crippen molar-refractivity contribution >= 4 is 21.6 Å². The number of amides is 1. The van der Waals surface area contributed by atoms with E-state index in [1.807, 2.05) is 51.1 Å². The molecule has 0 bridgehead atoms. The van der Waals surface area contributed by atoms with E-state index in [0.29, 0.717) is 18.0 Å². The number of aryl methyl sites for hydroxylation is 3. The maximum absolute atomic E-state index is 12.8. The Kier molecular flexibility index (Phi) is 7.99. The van der Waals surface area contributed by atoms with Gasteiger partial charge in [0.05, 0.1) is 18.0 Å². The average molecular weight is 481 g/mol. The molecule has 1 amide bonds. The quantitative estimate of drug-likeness (QED) is 0.476. The van der Waals surface area contributed by atoms with Crippen LogP contribution in [0.4, 0.5) is 5.69 Å². The zero-order valence-electron chi connectivity index (χ0n) is 20.3. The molecule has 7 heteroatoms. The number of carbonyl (C=O) groups excluding carboxylic acids is 1. The first kappa shape index (κ1) is 25.3. The lowest BCUT2D eigenvalue weighted by Crippen LogP contribution is -2.41. The van der Waals surface area contributed by atoms with Gasteiger partial charge >= 0.3 is 0 Å². The van der Waals surface area contributed by atoms with Crippen molar-refractivity contribution in [2.24, 2.45) is 0 Å². The van der Waals surface area contributed by atoms with Crippen LogP contribution in [0.25, 0.3) is 0 Å². The van der Waals surface area contributed by atoms with Gasteiger partial charge in [-0.05, 0) is 79.8 Å². The third-order valence-electron chi connectivity index (χ3n) is 5.79. The minimum atomic E-state index is -3.67. The number of hydrogen-bond donors (Lipinski definition) is 1. The molecule has 3 aromatic rings. The van der Waals surface area contributed by atoms with Crippen LogP contribution in [0, 0.1) is 20.8 Å². The lowest BCUT2D eigenvalue weighted by Gasteiger charge is -2.24. The van der Waals surface area contributed by atoms with Gasteiger partial charge in [0.15, 0.2) is 0 Å². The summed E-state index contributed by atoms with van der Waals surface area (Å²) in [7, 11) is -3.67. The third-order valence-corrected chi connectivity index (χ3v) is 6.93. The summed E-state index contributed by atoms with van der Waals surface area (Å²) in [6.45, 7) is 8.10. The van der Waals surface area contributed by atoms with Gasteiger partial charge in [0.2, 0.25) is 15.9 Å². The van der Waals surface area contributed by atoms with Crippen molar-refractivity contribution in [3.05, 3.63) is 94.5 Å². The first-order valence-corrected chi connectivity index (χ1v) is 13.0. The summed E-state index contributed by atoms with van der Waals surface area (Å²) in [5.41, 5.74) is 5.88. The fourth-order valence-corrected chi connectivity index (χ4v) is 4.65. The summed E-state index contributed by atoms with van der Waals surface area (Å²) < 4.78 is 31.8.